The van der Waals surface area contributed by atoms with Gasteiger partial charge in [0, 0.05) is 27.3 Å². The Morgan fingerprint density at radius 2 is 1.90 bits per heavy atom. The lowest BCUT2D eigenvalue weighted by molar-refractivity contribution is 0.0899. The van der Waals surface area contributed by atoms with Gasteiger partial charge >= 0.3 is 0 Å². The van der Waals surface area contributed by atoms with Gasteiger partial charge in [0.05, 0.1) is 20.3 Å². The van der Waals surface area contributed by atoms with Crippen LogP contribution >= 0.6 is 0 Å². The Morgan fingerprint density at radius 1 is 1.10 bits per heavy atom. The maximum Gasteiger partial charge on any atom is 0.162 e. The molecule has 1 rings (SSSR count). The fourth-order valence-electron chi connectivity index (χ4n) is 1.82. The van der Waals surface area contributed by atoms with Gasteiger partial charge in [0.25, 0.3) is 0 Å². The number of ether oxygens (including phenoxy) is 4. The molecule has 114 valence electrons. The number of benzene rings is 1. The van der Waals surface area contributed by atoms with E-state index in [1.165, 1.54) is 0 Å². The van der Waals surface area contributed by atoms with E-state index >= 15 is 0 Å². The van der Waals surface area contributed by atoms with Crippen molar-refractivity contribution in [3.8, 4) is 11.5 Å². The second-order valence-electron chi connectivity index (χ2n) is 4.54. The number of hydrogen-bond acceptors (Lipinski definition) is 5. The van der Waals surface area contributed by atoms with Crippen LogP contribution in [0, 0.1) is 0 Å². The summed E-state index contributed by atoms with van der Waals surface area (Å²) in [6.45, 7) is 4.79. The summed E-state index contributed by atoms with van der Waals surface area (Å²) in [7, 11) is 4.99. The van der Waals surface area contributed by atoms with Crippen molar-refractivity contribution in [2.24, 2.45) is 0 Å². The van der Waals surface area contributed by atoms with Crippen molar-refractivity contribution < 1.29 is 18.9 Å². The topological polar surface area (TPSA) is 49.0 Å². The van der Waals surface area contributed by atoms with Gasteiger partial charge in [-0.3, -0.25) is 0 Å². The van der Waals surface area contributed by atoms with E-state index in [1.807, 2.05) is 25.1 Å². The minimum Gasteiger partial charge on any atom is -0.493 e. The van der Waals surface area contributed by atoms with Gasteiger partial charge < -0.3 is 24.3 Å². The van der Waals surface area contributed by atoms with E-state index in [0.29, 0.717) is 13.2 Å². The maximum absolute atomic E-state index is 5.84. The van der Waals surface area contributed by atoms with E-state index in [1.54, 1.807) is 21.3 Å². The van der Waals surface area contributed by atoms with Gasteiger partial charge in [-0.2, -0.15) is 0 Å². The first-order valence-electron chi connectivity index (χ1n) is 6.73. The van der Waals surface area contributed by atoms with Gasteiger partial charge in [0.1, 0.15) is 6.10 Å². The van der Waals surface area contributed by atoms with E-state index in [0.717, 1.165) is 30.2 Å². The monoisotopic (exact) mass is 283 g/mol. The van der Waals surface area contributed by atoms with E-state index in [4.69, 9.17) is 18.9 Å². The average Bonchev–Trinajstić information content (AvgIpc) is 2.44. The summed E-state index contributed by atoms with van der Waals surface area (Å²) in [5.74, 6) is 1.47. The number of nitrogens with one attached hydrogen (secondary N) is 1. The molecule has 0 spiro atoms. The molecule has 1 aromatic carbocycles. The summed E-state index contributed by atoms with van der Waals surface area (Å²) < 4.78 is 21.2. The molecular weight excluding hydrogens is 258 g/mol. The molecule has 0 aliphatic rings. The first-order valence-corrected chi connectivity index (χ1v) is 6.73. The van der Waals surface area contributed by atoms with Crippen LogP contribution in [0.1, 0.15) is 12.5 Å². The van der Waals surface area contributed by atoms with Crippen molar-refractivity contribution in [3.05, 3.63) is 23.8 Å². The molecule has 0 heterocycles. The minimum absolute atomic E-state index is 0.0226. The summed E-state index contributed by atoms with van der Waals surface area (Å²) in [6.07, 6.45) is -0.0226. The molecule has 0 saturated carbocycles. The predicted octanol–water partition coefficient (Wildman–Crippen LogP) is 1.84. The SMILES string of the molecule is COCCNCc1ccc(OC)c(OC(C)COC)c1. The van der Waals surface area contributed by atoms with E-state index < -0.39 is 0 Å². The Bertz CT molecular complexity index is 384. The van der Waals surface area contributed by atoms with Crippen LogP contribution in [-0.2, 0) is 16.0 Å². The third kappa shape index (κ3) is 5.77. The van der Waals surface area contributed by atoms with Crippen molar-refractivity contribution in [2.45, 2.75) is 19.6 Å². The largest absolute Gasteiger partial charge is 0.493 e. The average molecular weight is 283 g/mol. The highest BCUT2D eigenvalue weighted by atomic mass is 16.5. The lowest BCUT2D eigenvalue weighted by Gasteiger charge is -2.17. The van der Waals surface area contributed by atoms with E-state index in [2.05, 4.69) is 5.32 Å². The molecular formula is C15H25NO4. The molecule has 0 bridgehead atoms. The zero-order valence-electron chi connectivity index (χ0n) is 12.8. The van der Waals surface area contributed by atoms with Crippen LogP contribution in [0.3, 0.4) is 0 Å². The molecule has 0 aromatic heterocycles. The highest BCUT2D eigenvalue weighted by Crippen LogP contribution is 2.29. The van der Waals surface area contributed by atoms with Crippen LogP contribution in [-0.4, -0.2) is 47.2 Å². The first-order chi connectivity index (χ1) is 9.71. The van der Waals surface area contributed by atoms with Crippen molar-refractivity contribution in [3.63, 3.8) is 0 Å². The molecule has 1 unspecified atom stereocenters. The molecule has 0 fully saturated rings. The molecule has 0 aliphatic heterocycles. The Kier molecular flexibility index (Phi) is 8.02. The van der Waals surface area contributed by atoms with Crippen molar-refractivity contribution in [2.75, 3.05) is 41.1 Å². The van der Waals surface area contributed by atoms with Gasteiger partial charge in [-0.15, -0.1) is 0 Å². The first kappa shape index (κ1) is 16.8. The summed E-state index contributed by atoms with van der Waals surface area (Å²) >= 11 is 0. The zero-order valence-corrected chi connectivity index (χ0v) is 12.8. The quantitative estimate of drug-likeness (QED) is 0.664. The maximum atomic E-state index is 5.84. The third-order valence-corrected chi connectivity index (χ3v) is 2.77. The standard InChI is InChI=1S/C15H25NO4/c1-12(11-18-3)20-15-9-13(5-6-14(15)19-4)10-16-7-8-17-2/h5-6,9,12,16H,7-8,10-11H2,1-4H3. The van der Waals surface area contributed by atoms with Gasteiger partial charge in [-0.1, -0.05) is 6.07 Å². The highest BCUT2D eigenvalue weighted by Gasteiger charge is 2.10. The zero-order chi connectivity index (χ0) is 14.8. The lowest BCUT2D eigenvalue weighted by atomic mass is 10.2. The van der Waals surface area contributed by atoms with Crippen LogP contribution in [0.4, 0.5) is 0 Å². The van der Waals surface area contributed by atoms with E-state index in [-0.39, 0.29) is 6.10 Å². The Morgan fingerprint density at radius 3 is 2.55 bits per heavy atom. The smallest absolute Gasteiger partial charge is 0.162 e. The molecule has 1 aromatic rings. The highest BCUT2D eigenvalue weighted by molar-refractivity contribution is 5.43. The van der Waals surface area contributed by atoms with Crippen LogP contribution in [0.5, 0.6) is 11.5 Å². The summed E-state index contributed by atoms with van der Waals surface area (Å²) in [6, 6.07) is 5.93. The molecule has 5 nitrogen and oxygen atoms in total. The van der Waals surface area contributed by atoms with Gasteiger partial charge in [-0.25, -0.2) is 0 Å². The summed E-state index contributed by atoms with van der Waals surface area (Å²) in [5, 5.41) is 3.30. The molecule has 0 saturated heterocycles. The molecule has 20 heavy (non-hydrogen) atoms. The summed E-state index contributed by atoms with van der Waals surface area (Å²) in [4.78, 5) is 0. The molecule has 0 radical (unpaired) electrons. The second-order valence-corrected chi connectivity index (χ2v) is 4.54. The summed E-state index contributed by atoms with van der Waals surface area (Å²) in [5.41, 5.74) is 1.14. The number of rotatable bonds is 10. The fourth-order valence-corrected chi connectivity index (χ4v) is 1.82. The Balaban J connectivity index is 2.64. The van der Waals surface area contributed by atoms with Gasteiger partial charge in [0.2, 0.25) is 0 Å². The predicted molar refractivity (Wildman–Crippen MR) is 78.5 cm³/mol. The fraction of sp³-hybridized carbons (Fsp3) is 0.600. The van der Waals surface area contributed by atoms with Gasteiger partial charge in [0.15, 0.2) is 11.5 Å². The third-order valence-electron chi connectivity index (χ3n) is 2.77. The van der Waals surface area contributed by atoms with Crippen LogP contribution in [0.15, 0.2) is 18.2 Å². The molecule has 5 heteroatoms. The minimum atomic E-state index is -0.0226. The Labute approximate surface area is 121 Å². The van der Waals surface area contributed by atoms with E-state index in [9.17, 15) is 0 Å². The van der Waals surface area contributed by atoms with Crippen LogP contribution in [0.2, 0.25) is 0 Å². The van der Waals surface area contributed by atoms with Crippen LogP contribution < -0.4 is 14.8 Å². The molecule has 0 amide bonds. The number of hydrogen-bond donors (Lipinski definition) is 1. The molecule has 0 aliphatic carbocycles. The molecule has 1 N–H and O–H groups in total. The van der Waals surface area contributed by atoms with Crippen molar-refractivity contribution in [1.82, 2.24) is 5.32 Å². The van der Waals surface area contributed by atoms with Crippen molar-refractivity contribution in [1.29, 1.82) is 0 Å². The van der Waals surface area contributed by atoms with Crippen molar-refractivity contribution >= 4 is 0 Å². The normalized spacial score (nSPS) is 12.2. The van der Waals surface area contributed by atoms with Gasteiger partial charge in [-0.05, 0) is 24.6 Å². The lowest BCUT2D eigenvalue weighted by Crippen LogP contribution is -2.20. The second kappa shape index (κ2) is 9.58. The Hall–Kier alpha value is -1.30. The number of methoxy groups -OCH3 is 3. The van der Waals surface area contributed by atoms with Crippen LogP contribution in [0.25, 0.3) is 0 Å². The molecule has 1 atom stereocenters.